The number of amides is 1. The molecular weight excluding hydrogens is 339 g/mol. The van der Waals surface area contributed by atoms with Gasteiger partial charge < -0.3 is 14.7 Å². The summed E-state index contributed by atoms with van der Waals surface area (Å²) in [6, 6.07) is 6.35. The second kappa shape index (κ2) is 6.57. The number of para-hydroxylation sites is 1. The molecule has 25 heavy (non-hydrogen) atoms. The number of carboxylic acids is 1. The number of alkyl halides is 3. The lowest BCUT2D eigenvalue weighted by atomic mass is 9.87. The molecule has 1 aromatic carbocycles. The third-order valence-electron chi connectivity index (χ3n) is 4.75. The van der Waals surface area contributed by atoms with Gasteiger partial charge in [-0.25, -0.2) is 0 Å². The first kappa shape index (κ1) is 17.6. The van der Waals surface area contributed by atoms with Gasteiger partial charge in [0.1, 0.15) is 5.75 Å². The van der Waals surface area contributed by atoms with Crippen LogP contribution in [0.3, 0.4) is 0 Å². The first-order chi connectivity index (χ1) is 11.8. The van der Waals surface area contributed by atoms with Gasteiger partial charge in [0.05, 0.1) is 11.8 Å². The zero-order valence-corrected chi connectivity index (χ0v) is 13.3. The van der Waals surface area contributed by atoms with Crippen molar-refractivity contribution in [1.29, 1.82) is 0 Å². The number of carboxylic acid groups (broad SMARTS) is 1. The number of carbonyl (C=O) groups excluding carboxylic acids is 1. The Morgan fingerprint density at radius 1 is 1.24 bits per heavy atom. The number of likely N-dealkylation sites (tertiary alicyclic amines) is 1. The molecule has 2 aliphatic heterocycles. The van der Waals surface area contributed by atoms with E-state index < -0.39 is 36.0 Å². The van der Waals surface area contributed by atoms with Crippen molar-refractivity contribution in [1.82, 2.24) is 4.90 Å². The van der Waals surface area contributed by atoms with Gasteiger partial charge in [0, 0.05) is 13.1 Å². The van der Waals surface area contributed by atoms with E-state index in [4.69, 9.17) is 9.84 Å². The molecule has 0 aromatic heterocycles. The van der Waals surface area contributed by atoms with Gasteiger partial charge in [-0.2, -0.15) is 13.2 Å². The normalized spacial score (nSPS) is 26.5. The zero-order chi connectivity index (χ0) is 18.2. The van der Waals surface area contributed by atoms with Crippen LogP contribution in [0, 0.1) is 11.8 Å². The molecule has 1 aromatic rings. The topological polar surface area (TPSA) is 66.8 Å². The molecule has 0 spiro atoms. The lowest BCUT2D eigenvalue weighted by Gasteiger charge is -2.38. The minimum absolute atomic E-state index is 0.0586. The number of hydrogen-bond acceptors (Lipinski definition) is 3. The summed E-state index contributed by atoms with van der Waals surface area (Å²) >= 11 is 0. The summed E-state index contributed by atoms with van der Waals surface area (Å²) in [5, 5.41) is 9.12. The lowest BCUT2D eigenvalue weighted by Crippen LogP contribution is -2.54. The molecule has 2 aliphatic rings. The Labute approximate surface area is 142 Å². The molecule has 0 saturated carbocycles. The van der Waals surface area contributed by atoms with Crippen molar-refractivity contribution in [3.8, 4) is 5.75 Å². The summed E-state index contributed by atoms with van der Waals surface area (Å²) in [6.07, 6.45) is -6.10. The Hall–Kier alpha value is -2.25. The molecule has 0 radical (unpaired) electrons. The van der Waals surface area contributed by atoms with Crippen molar-refractivity contribution in [2.75, 3.05) is 13.1 Å². The first-order valence-corrected chi connectivity index (χ1v) is 8.10. The molecule has 2 heterocycles. The first-order valence-electron chi connectivity index (χ1n) is 8.10. The molecule has 1 unspecified atom stereocenters. The van der Waals surface area contributed by atoms with Gasteiger partial charge in [0.2, 0.25) is 12.0 Å². The van der Waals surface area contributed by atoms with Crippen LogP contribution >= 0.6 is 0 Å². The van der Waals surface area contributed by atoms with Crippen molar-refractivity contribution < 1.29 is 32.6 Å². The number of ether oxygens (including phenoxy) is 1. The molecule has 3 rings (SSSR count). The van der Waals surface area contributed by atoms with Crippen LogP contribution in [0.25, 0.3) is 0 Å². The van der Waals surface area contributed by atoms with Crippen LogP contribution < -0.4 is 4.74 Å². The van der Waals surface area contributed by atoms with Crippen LogP contribution in [0.4, 0.5) is 13.2 Å². The Morgan fingerprint density at radius 2 is 1.96 bits per heavy atom. The van der Waals surface area contributed by atoms with Gasteiger partial charge in [0.25, 0.3) is 0 Å². The van der Waals surface area contributed by atoms with Crippen LogP contribution in [-0.4, -0.2) is 47.3 Å². The minimum Gasteiger partial charge on any atom is -0.481 e. The summed E-state index contributed by atoms with van der Waals surface area (Å²) in [6.45, 7) is 0.211. The lowest BCUT2D eigenvalue weighted by molar-refractivity contribution is -0.216. The molecule has 5 nitrogen and oxygen atoms in total. The highest BCUT2D eigenvalue weighted by molar-refractivity contribution is 5.81. The molecule has 1 N–H and O–H groups in total. The summed E-state index contributed by atoms with van der Waals surface area (Å²) in [7, 11) is 0. The fourth-order valence-corrected chi connectivity index (χ4v) is 3.48. The van der Waals surface area contributed by atoms with Crippen molar-refractivity contribution in [3.63, 3.8) is 0 Å². The zero-order valence-electron chi connectivity index (χ0n) is 13.3. The molecule has 8 heteroatoms. The van der Waals surface area contributed by atoms with Crippen LogP contribution in [0.2, 0.25) is 0 Å². The Bertz CT molecular complexity index is 676. The van der Waals surface area contributed by atoms with Gasteiger partial charge in [-0.15, -0.1) is 0 Å². The maximum Gasteiger partial charge on any atom is 0.426 e. The monoisotopic (exact) mass is 357 g/mol. The van der Waals surface area contributed by atoms with E-state index in [-0.39, 0.29) is 25.3 Å². The molecule has 1 amide bonds. The van der Waals surface area contributed by atoms with Crippen LogP contribution in [-0.2, 0) is 16.0 Å². The summed E-state index contributed by atoms with van der Waals surface area (Å²) in [5.74, 6) is -3.73. The number of aliphatic carboxylic acids is 1. The predicted octanol–water partition coefficient (Wildman–Crippen LogP) is 2.49. The van der Waals surface area contributed by atoms with E-state index >= 15 is 0 Å². The van der Waals surface area contributed by atoms with Crippen molar-refractivity contribution in [2.45, 2.75) is 31.5 Å². The number of nitrogens with zero attached hydrogens (tertiary/aromatic N) is 1. The summed E-state index contributed by atoms with van der Waals surface area (Å²) in [5.41, 5.74) is 0.549. The molecule has 3 atom stereocenters. The molecular formula is C17H18F3NO4. The number of halogens is 3. The van der Waals surface area contributed by atoms with Crippen LogP contribution in [0.1, 0.15) is 18.4 Å². The second-order valence-corrected chi connectivity index (χ2v) is 6.46. The van der Waals surface area contributed by atoms with Crippen molar-refractivity contribution in [2.24, 2.45) is 11.8 Å². The summed E-state index contributed by atoms with van der Waals surface area (Å²) < 4.78 is 45.4. The van der Waals surface area contributed by atoms with Gasteiger partial charge in [-0.05, 0) is 30.9 Å². The average molecular weight is 357 g/mol. The number of fused-ring (bicyclic) bond motifs is 1. The number of rotatable bonds is 2. The van der Waals surface area contributed by atoms with Crippen LogP contribution in [0.5, 0.6) is 5.75 Å². The predicted molar refractivity (Wildman–Crippen MR) is 81.0 cm³/mol. The maximum absolute atomic E-state index is 13.4. The largest absolute Gasteiger partial charge is 0.481 e. The molecule has 1 saturated heterocycles. The molecule has 0 bridgehead atoms. The number of piperidine rings is 1. The van der Waals surface area contributed by atoms with E-state index in [1.165, 1.54) is 11.0 Å². The maximum atomic E-state index is 13.4. The number of benzene rings is 1. The standard InChI is InChI=1S/C17H18F3NO4/c18-17(19,20)14-12(8-10-4-1-2-6-13(10)25-14)15(22)21-7-3-5-11(9-21)16(23)24/h1-2,4,6,11-12,14H,3,5,7-9H2,(H,23,24)/t11?,12-,14-/m1/s1. The van der Waals surface area contributed by atoms with Crippen molar-refractivity contribution in [3.05, 3.63) is 29.8 Å². The van der Waals surface area contributed by atoms with E-state index in [0.29, 0.717) is 18.4 Å². The Balaban J connectivity index is 1.85. The van der Waals surface area contributed by atoms with E-state index in [2.05, 4.69) is 0 Å². The fourth-order valence-electron chi connectivity index (χ4n) is 3.48. The van der Waals surface area contributed by atoms with E-state index in [0.717, 1.165) is 0 Å². The Morgan fingerprint density at radius 3 is 2.64 bits per heavy atom. The summed E-state index contributed by atoms with van der Waals surface area (Å²) in [4.78, 5) is 25.1. The molecule has 136 valence electrons. The third kappa shape index (κ3) is 3.57. The van der Waals surface area contributed by atoms with Gasteiger partial charge in [-0.3, -0.25) is 9.59 Å². The number of carbonyl (C=O) groups is 2. The van der Waals surface area contributed by atoms with E-state index in [9.17, 15) is 22.8 Å². The molecule has 0 aliphatic carbocycles. The van der Waals surface area contributed by atoms with E-state index in [1.54, 1.807) is 18.2 Å². The quantitative estimate of drug-likeness (QED) is 0.883. The van der Waals surface area contributed by atoms with Crippen molar-refractivity contribution >= 4 is 11.9 Å². The fraction of sp³-hybridized carbons (Fsp3) is 0.529. The van der Waals surface area contributed by atoms with Gasteiger partial charge in [0.15, 0.2) is 0 Å². The highest BCUT2D eigenvalue weighted by Crippen LogP contribution is 2.39. The third-order valence-corrected chi connectivity index (χ3v) is 4.75. The highest BCUT2D eigenvalue weighted by atomic mass is 19.4. The minimum atomic E-state index is -4.68. The van der Waals surface area contributed by atoms with E-state index in [1.807, 2.05) is 0 Å². The molecule has 1 fully saturated rings. The smallest absolute Gasteiger partial charge is 0.426 e. The average Bonchev–Trinajstić information content (AvgIpc) is 2.59. The second-order valence-electron chi connectivity index (χ2n) is 6.46. The van der Waals surface area contributed by atoms with Gasteiger partial charge in [-0.1, -0.05) is 18.2 Å². The highest BCUT2D eigenvalue weighted by Gasteiger charge is 2.52. The number of hydrogen-bond donors (Lipinski definition) is 1. The SMILES string of the molecule is O=C(O)C1CCCN(C(=O)[C@@H]2Cc3ccccc3O[C@H]2C(F)(F)F)C1. The van der Waals surface area contributed by atoms with Gasteiger partial charge >= 0.3 is 12.1 Å². The Kier molecular flexibility index (Phi) is 4.62. The van der Waals surface area contributed by atoms with Crippen LogP contribution in [0.15, 0.2) is 24.3 Å².